The summed E-state index contributed by atoms with van der Waals surface area (Å²) in [5.41, 5.74) is 13.0. The second-order valence-electron chi connectivity index (χ2n) is 12.9. The fourth-order valence-electron chi connectivity index (χ4n) is 7.79. The van der Waals surface area contributed by atoms with Crippen molar-refractivity contribution >= 4 is 32.3 Å². The summed E-state index contributed by atoms with van der Waals surface area (Å²) >= 11 is 0. The van der Waals surface area contributed by atoms with Crippen molar-refractivity contribution < 1.29 is 0 Å². The highest BCUT2D eigenvalue weighted by Gasteiger charge is 2.36. The molecular formula is C45H32. The molecule has 0 aliphatic heterocycles. The summed E-state index contributed by atoms with van der Waals surface area (Å²) in [5.74, 6) is 0. The first-order valence-corrected chi connectivity index (χ1v) is 15.9. The topological polar surface area (TPSA) is 0 Å². The molecular weight excluding hydrogens is 540 g/mol. The van der Waals surface area contributed by atoms with Gasteiger partial charge in [0.2, 0.25) is 0 Å². The average Bonchev–Trinajstić information content (AvgIpc) is 3.31. The van der Waals surface area contributed by atoms with Gasteiger partial charge in [-0.25, -0.2) is 0 Å². The Balaban J connectivity index is 1.26. The average molecular weight is 573 g/mol. The highest BCUT2D eigenvalue weighted by molar-refractivity contribution is 6.21. The lowest BCUT2D eigenvalue weighted by Gasteiger charge is -2.23. The van der Waals surface area contributed by atoms with Crippen LogP contribution in [0.15, 0.2) is 158 Å². The van der Waals surface area contributed by atoms with Gasteiger partial charge in [0.1, 0.15) is 0 Å². The van der Waals surface area contributed by atoms with Crippen LogP contribution in [0.1, 0.15) is 25.0 Å². The Morgan fingerprint density at radius 2 is 0.778 bits per heavy atom. The van der Waals surface area contributed by atoms with Crippen LogP contribution in [-0.4, -0.2) is 0 Å². The molecule has 0 heterocycles. The molecule has 0 bridgehead atoms. The van der Waals surface area contributed by atoms with Crippen LogP contribution in [0, 0.1) is 0 Å². The molecule has 0 amide bonds. The van der Waals surface area contributed by atoms with Gasteiger partial charge < -0.3 is 0 Å². The van der Waals surface area contributed by atoms with Crippen LogP contribution in [0.3, 0.4) is 0 Å². The van der Waals surface area contributed by atoms with E-state index in [1.165, 1.54) is 88.0 Å². The van der Waals surface area contributed by atoms with Gasteiger partial charge in [-0.1, -0.05) is 153 Å². The smallest absolute Gasteiger partial charge is 0.0159 e. The molecule has 0 fully saturated rings. The van der Waals surface area contributed by atoms with E-state index < -0.39 is 0 Å². The van der Waals surface area contributed by atoms with E-state index in [0.717, 1.165) is 0 Å². The van der Waals surface area contributed by atoms with Gasteiger partial charge in [-0.2, -0.15) is 0 Å². The fraction of sp³-hybridized carbons (Fsp3) is 0.0667. The zero-order valence-corrected chi connectivity index (χ0v) is 25.5. The molecule has 0 heteroatoms. The van der Waals surface area contributed by atoms with Gasteiger partial charge in [0.25, 0.3) is 0 Å². The van der Waals surface area contributed by atoms with Crippen molar-refractivity contribution in [2.24, 2.45) is 0 Å². The van der Waals surface area contributed by atoms with E-state index in [4.69, 9.17) is 0 Å². The Labute approximate surface area is 264 Å². The van der Waals surface area contributed by atoms with Gasteiger partial charge in [-0.05, 0) is 106 Å². The fourth-order valence-corrected chi connectivity index (χ4v) is 7.79. The number of hydrogen-bond acceptors (Lipinski definition) is 0. The standard InChI is InChI=1S/C45H32/c1-45(2)41-28-34(24-25-35(41)40-26-32-14-6-7-15-33(32)27-42(40)45)44-38-18-10-8-16-36(38)43(37-17-9-11-19-39(37)44)31-22-20-30(21-23-31)29-12-4-3-5-13-29/h3-28H,1-2H3. The third-order valence-electron chi connectivity index (χ3n) is 10.0. The van der Waals surface area contributed by atoms with Crippen LogP contribution in [-0.2, 0) is 5.41 Å². The molecule has 0 nitrogen and oxygen atoms in total. The maximum absolute atomic E-state index is 2.47. The second kappa shape index (κ2) is 9.78. The molecule has 8 aromatic carbocycles. The van der Waals surface area contributed by atoms with Gasteiger partial charge in [0.05, 0.1) is 0 Å². The van der Waals surface area contributed by atoms with Gasteiger partial charge in [0, 0.05) is 5.41 Å². The maximum atomic E-state index is 2.47. The maximum Gasteiger partial charge on any atom is 0.0159 e. The molecule has 1 aliphatic carbocycles. The number of hydrogen-bond donors (Lipinski definition) is 0. The molecule has 0 radical (unpaired) electrons. The van der Waals surface area contributed by atoms with Crippen LogP contribution in [0.4, 0.5) is 0 Å². The Hall–Kier alpha value is -5.46. The lowest BCUT2D eigenvalue weighted by atomic mass is 9.80. The quantitative estimate of drug-likeness (QED) is 0.185. The first-order chi connectivity index (χ1) is 22.1. The lowest BCUT2D eigenvalue weighted by Crippen LogP contribution is -2.15. The van der Waals surface area contributed by atoms with Crippen molar-refractivity contribution in [3.8, 4) is 44.5 Å². The molecule has 0 saturated heterocycles. The Kier molecular flexibility index (Phi) is 5.64. The van der Waals surface area contributed by atoms with E-state index in [9.17, 15) is 0 Å². The SMILES string of the molecule is CC1(C)c2cc(-c3c4ccccc4c(-c4ccc(-c5ccccc5)cc4)c4ccccc34)ccc2-c2cc3ccccc3cc21. The summed E-state index contributed by atoms with van der Waals surface area (Å²) in [6.45, 7) is 4.77. The molecule has 0 aromatic heterocycles. The summed E-state index contributed by atoms with van der Waals surface area (Å²) < 4.78 is 0. The number of benzene rings is 8. The highest BCUT2D eigenvalue weighted by atomic mass is 14.4. The van der Waals surface area contributed by atoms with Crippen molar-refractivity contribution in [2.75, 3.05) is 0 Å². The first kappa shape index (κ1) is 26.0. The first-order valence-electron chi connectivity index (χ1n) is 15.9. The van der Waals surface area contributed by atoms with Crippen LogP contribution in [0.2, 0.25) is 0 Å². The molecule has 0 N–H and O–H groups in total. The monoisotopic (exact) mass is 572 g/mol. The molecule has 8 aromatic rings. The van der Waals surface area contributed by atoms with Gasteiger partial charge >= 0.3 is 0 Å². The molecule has 0 atom stereocenters. The molecule has 0 unspecified atom stereocenters. The van der Waals surface area contributed by atoms with E-state index in [2.05, 4.69) is 172 Å². The summed E-state index contributed by atoms with van der Waals surface area (Å²) in [6.07, 6.45) is 0. The Bertz CT molecular complexity index is 2370. The lowest BCUT2D eigenvalue weighted by molar-refractivity contribution is 0.661. The number of fused-ring (bicyclic) bond motifs is 6. The van der Waals surface area contributed by atoms with Gasteiger partial charge in [-0.3, -0.25) is 0 Å². The molecule has 45 heavy (non-hydrogen) atoms. The Morgan fingerprint density at radius 3 is 1.40 bits per heavy atom. The van der Waals surface area contributed by atoms with E-state index in [1.807, 2.05) is 0 Å². The van der Waals surface area contributed by atoms with E-state index in [0.29, 0.717) is 0 Å². The van der Waals surface area contributed by atoms with Gasteiger partial charge in [-0.15, -0.1) is 0 Å². The zero-order chi connectivity index (χ0) is 30.1. The van der Waals surface area contributed by atoms with E-state index in [-0.39, 0.29) is 5.41 Å². The highest BCUT2D eigenvalue weighted by Crippen LogP contribution is 2.52. The van der Waals surface area contributed by atoms with Gasteiger partial charge in [0.15, 0.2) is 0 Å². The van der Waals surface area contributed by atoms with Crippen LogP contribution >= 0.6 is 0 Å². The third kappa shape index (κ3) is 3.92. The van der Waals surface area contributed by atoms with Crippen molar-refractivity contribution in [2.45, 2.75) is 19.3 Å². The minimum atomic E-state index is -0.0866. The summed E-state index contributed by atoms with van der Waals surface area (Å²) in [5, 5.41) is 7.76. The molecule has 212 valence electrons. The molecule has 1 aliphatic rings. The van der Waals surface area contributed by atoms with E-state index >= 15 is 0 Å². The normalized spacial score (nSPS) is 13.3. The third-order valence-corrected chi connectivity index (χ3v) is 10.0. The Morgan fingerprint density at radius 1 is 0.333 bits per heavy atom. The molecule has 0 saturated carbocycles. The zero-order valence-electron chi connectivity index (χ0n) is 25.5. The van der Waals surface area contributed by atoms with Crippen LogP contribution in [0.25, 0.3) is 76.8 Å². The number of rotatable bonds is 3. The summed E-state index contributed by atoms with van der Waals surface area (Å²) in [7, 11) is 0. The minimum absolute atomic E-state index is 0.0866. The second-order valence-corrected chi connectivity index (χ2v) is 12.9. The van der Waals surface area contributed by atoms with Crippen molar-refractivity contribution in [1.82, 2.24) is 0 Å². The summed E-state index contributed by atoms with van der Waals surface area (Å²) in [4.78, 5) is 0. The van der Waals surface area contributed by atoms with Crippen molar-refractivity contribution in [3.05, 3.63) is 169 Å². The molecule has 0 spiro atoms. The minimum Gasteiger partial charge on any atom is -0.0622 e. The van der Waals surface area contributed by atoms with E-state index in [1.54, 1.807) is 0 Å². The predicted molar refractivity (Wildman–Crippen MR) is 193 cm³/mol. The van der Waals surface area contributed by atoms with Crippen molar-refractivity contribution in [1.29, 1.82) is 0 Å². The molecule has 9 rings (SSSR count). The largest absolute Gasteiger partial charge is 0.0622 e. The summed E-state index contributed by atoms with van der Waals surface area (Å²) in [6, 6.07) is 58.3. The van der Waals surface area contributed by atoms with Crippen molar-refractivity contribution in [3.63, 3.8) is 0 Å². The van der Waals surface area contributed by atoms with Crippen LogP contribution in [0.5, 0.6) is 0 Å². The predicted octanol–water partition coefficient (Wildman–Crippen LogP) is 12.5. The van der Waals surface area contributed by atoms with Crippen LogP contribution < -0.4 is 0 Å².